The van der Waals surface area contributed by atoms with Gasteiger partial charge in [-0.2, -0.15) is 0 Å². The number of nitrogens with one attached hydrogen (secondary N) is 1. The number of hydrogen-bond donors (Lipinski definition) is 1. The number of carbonyl (C=O) groups is 1. The van der Waals surface area contributed by atoms with E-state index in [1.54, 1.807) is 12.1 Å². The first-order chi connectivity index (χ1) is 16.0. The zero-order valence-corrected chi connectivity index (χ0v) is 20.1. The molecule has 8 heteroatoms. The van der Waals surface area contributed by atoms with Gasteiger partial charge in [-0.1, -0.05) is 48.7 Å². The molecule has 1 fully saturated rings. The van der Waals surface area contributed by atoms with Gasteiger partial charge < -0.3 is 15.1 Å². The van der Waals surface area contributed by atoms with Crippen LogP contribution in [0.3, 0.4) is 0 Å². The lowest BCUT2D eigenvalue weighted by Gasteiger charge is -2.35. The number of anilines is 2. The summed E-state index contributed by atoms with van der Waals surface area (Å²) in [5.41, 5.74) is 3.61. The quantitative estimate of drug-likeness (QED) is 0.456. The van der Waals surface area contributed by atoms with Crippen LogP contribution in [-0.4, -0.2) is 47.3 Å². The van der Waals surface area contributed by atoms with E-state index in [0.29, 0.717) is 41.9 Å². The predicted molar refractivity (Wildman–Crippen MR) is 135 cm³/mol. The third-order valence-electron chi connectivity index (χ3n) is 5.77. The van der Waals surface area contributed by atoms with Gasteiger partial charge in [0.15, 0.2) is 5.82 Å². The number of halogens is 2. The zero-order chi connectivity index (χ0) is 23.2. The summed E-state index contributed by atoms with van der Waals surface area (Å²) in [5.74, 6) is 0.784. The van der Waals surface area contributed by atoms with Crippen LogP contribution in [0.1, 0.15) is 25.3 Å². The van der Waals surface area contributed by atoms with Crippen LogP contribution in [0.5, 0.6) is 0 Å². The van der Waals surface area contributed by atoms with Crippen molar-refractivity contribution in [3.63, 3.8) is 0 Å². The minimum Gasteiger partial charge on any atom is -0.352 e. The van der Waals surface area contributed by atoms with Crippen molar-refractivity contribution in [2.24, 2.45) is 0 Å². The highest BCUT2D eigenvalue weighted by Crippen LogP contribution is 2.29. The molecule has 0 radical (unpaired) electrons. The van der Waals surface area contributed by atoms with Gasteiger partial charge in [-0.3, -0.25) is 0 Å². The van der Waals surface area contributed by atoms with Gasteiger partial charge in [-0.05, 0) is 60.9 Å². The van der Waals surface area contributed by atoms with Gasteiger partial charge in [-0.15, -0.1) is 10.2 Å². The van der Waals surface area contributed by atoms with Crippen molar-refractivity contribution in [3.05, 3.63) is 70.2 Å². The molecule has 2 aromatic carbocycles. The molecule has 0 unspecified atom stereocenters. The van der Waals surface area contributed by atoms with E-state index in [1.807, 2.05) is 35.2 Å². The zero-order valence-electron chi connectivity index (χ0n) is 18.6. The van der Waals surface area contributed by atoms with Gasteiger partial charge in [0, 0.05) is 42.5 Å². The van der Waals surface area contributed by atoms with E-state index < -0.39 is 0 Å². The molecule has 33 heavy (non-hydrogen) atoms. The van der Waals surface area contributed by atoms with E-state index in [-0.39, 0.29) is 6.03 Å². The van der Waals surface area contributed by atoms with E-state index in [0.717, 1.165) is 23.5 Å². The number of benzene rings is 2. The molecule has 1 saturated heterocycles. The topological polar surface area (TPSA) is 61.4 Å². The summed E-state index contributed by atoms with van der Waals surface area (Å²) >= 11 is 12.3. The molecule has 6 nitrogen and oxygen atoms in total. The smallest absolute Gasteiger partial charge is 0.321 e. The van der Waals surface area contributed by atoms with Gasteiger partial charge in [0.25, 0.3) is 0 Å². The average Bonchev–Trinajstić information content (AvgIpc) is 2.84. The average molecular weight is 484 g/mol. The number of amides is 2. The third kappa shape index (κ3) is 5.95. The highest BCUT2D eigenvalue weighted by atomic mass is 35.5. The second-order valence-electron chi connectivity index (χ2n) is 8.11. The largest absolute Gasteiger partial charge is 0.352 e. The standard InChI is InChI=1S/C25H27Cl2N5O/c1-2-3-4-18-5-8-20(9-6-18)28-25(33)32-15-13-31(14-16-32)24-12-11-23(29-30-24)21-10-7-19(26)17-22(21)27/h5-12,17H,2-4,13-16H2,1H3,(H,28,33). The minimum absolute atomic E-state index is 0.0743. The number of hydrogen-bond acceptors (Lipinski definition) is 4. The number of unbranched alkanes of at least 4 members (excludes halogenated alkanes) is 1. The Morgan fingerprint density at radius 2 is 1.73 bits per heavy atom. The maximum absolute atomic E-state index is 12.7. The van der Waals surface area contributed by atoms with Crippen LogP contribution in [0.4, 0.5) is 16.3 Å². The molecule has 0 bridgehead atoms. The van der Waals surface area contributed by atoms with Crippen LogP contribution in [0.2, 0.25) is 10.0 Å². The van der Waals surface area contributed by atoms with Crippen molar-refractivity contribution in [3.8, 4) is 11.3 Å². The second-order valence-corrected chi connectivity index (χ2v) is 8.95. The Kier molecular flexibility index (Phi) is 7.68. The Balaban J connectivity index is 1.30. The Labute approximate surface area is 204 Å². The van der Waals surface area contributed by atoms with Crippen molar-refractivity contribution in [1.82, 2.24) is 15.1 Å². The molecule has 0 aliphatic carbocycles. The molecule has 1 N–H and O–H groups in total. The molecule has 4 rings (SSSR count). The molecule has 3 aromatic rings. The summed E-state index contributed by atoms with van der Waals surface area (Å²) in [6, 6.07) is 17.2. The summed E-state index contributed by atoms with van der Waals surface area (Å²) in [6.45, 7) is 4.81. The highest BCUT2D eigenvalue weighted by Gasteiger charge is 2.22. The van der Waals surface area contributed by atoms with E-state index in [1.165, 1.54) is 18.4 Å². The van der Waals surface area contributed by atoms with Crippen LogP contribution in [0.15, 0.2) is 54.6 Å². The molecular weight excluding hydrogens is 457 g/mol. The molecule has 2 amide bonds. The fourth-order valence-electron chi connectivity index (χ4n) is 3.81. The number of aromatic nitrogens is 2. The molecule has 0 spiro atoms. The van der Waals surface area contributed by atoms with Crippen molar-refractivity contribution in [1.29, 1.82) is 0 Å². The van der Waals surface area contributed by atoms with E-state index in [2.05, 4.69) is 39.5 Å². The van der Waals surface area contributed by atoms with Crippen LogP contribution >= 0.6 is 23.2 Å². The van der Waals surface area contributed by atoms with E-state index >= 15 is 0 Å². The molecular formula is C25H27Cl2N5O. The summed E-state index contributed by atoms with van der Waals surface area (Å²) in [5, 5.41) is 12.8. The molecule has 0 atom stereocenters. The number of urea groups is 1. The summed E-state index contributed by atoms with van der Waals surface area (Å²) < 4.78 is 0. The van der Waals surface area contributed by atoms with Gasteiger partial charge in [-0.25, -0.2) is 4.79 Å². The summed E-state index contributed by atoms with van der Waals surface area (Å²) in [6.07, 6.45) is 3.43. The SMILES string of the molecule is CCCCc1ccc(NC(=O)N2CCN(c3ccc(-c4ccc(Cl)cc4Cl)nn3)CC2)cc1. The lowest BCUT2D eigenvalue weighted by Crippen LogP contribution is -2.50. The van der Waals surface area contributed by atoms with Crippen molar-refractivity contribution >= 4 is 40.7 Å². The highest BCUT2D eigenvalue weighted by molar-refractivity contribution is 6.36. The van der Waals surface area contributed by atoms with Gasteiger partial charge in [0.1, 0.15) is 0 Å². The van der Waals surface area contributed by atoms with Gasteiger partial charge >= 0.3 is 6.03 Å². The van der Waals surface area contributed by atoms with E-state index in [4.69, 9.17) is 23.2 Å². The normalized spacial score (nSPS) is 13.8. The number of aryl methyl sites for hydroxylation is 1. The molecule has 172 valence electrons. The fourth-order valence-corrected chi connectivity index (χ4v) is 4.32. The molecule has 2 heterocycles. The lowest BCUT2D eigenvalue weighted by atomic mass is 10.1. The summed E-state index contributed by atoms with van der Waals surface area (Å²) in [7, 11) is 0. The van der Waals surface area contributed by atoms with Crippen LogP contribution in [0, 0.1) is 0 Å². The van der Waals surface area contributed by atoms with Crippen molar-refractivity contribution < 1.29 is 4.79 Å². The first-order valence-corrected chi connectivity index (χ1v) is 12.0. The molecule has 1 aliphatic heterocycles. The Hall–Kier alpha value is -2.83. The first-order valence-electron chi connectivity index (χ1n) is 11.2. The first kappa shape index (κ1) is 23.3. The van der Waals surface area contributed by atoms with Gasteiger partial charge in [0.05, 0.1) is 10.7 Å². The van der Waals surface area contributed by atoms with Gasteiger partial charge in [0.2, 0.25) is 0 Å². The second kappa shape index (κ2) is 10.9. The molecule has 1 aromatic heterocycles. The van der Waals surface area contributed by atoms with Crippen LogP contribution in [0.25, 0.3) is 11.3 Å². The monoisotopic (exact) mass is 483 g/mol. The van der Waals surface area contributed by atoms with E-state index in [9.17, 15) is 4.79 Å². The fraction of sp³-hybridized carbons (Fsp3) is 0.320. The maximum atomic E-state index is 12.7. The molecule has 1 aliphatic rings. The van der Waals surface area contributed by atoms with Crippen LogP contribution < -0.4 is 10.2 Å². The third-order valence-corrected chi connectivity index (χ3v) is 6.32. The Morgan fingerprint density at radius 1 is 0.970 bits per heavy atom. The number of carbonyl (C=O) groups excluding carboxylic acids is 1. The lowest BCUT2D eigenvalue weighted by molar-refractivity contribution is 0.208. The van der Waals surface area contributed by atoms with Crippen LogP contribution in [-0.2, 0) is 6.42 Å². The van der Waals surface area contributed by atoms with Crippen molar-refractivity contribution in [2.45, 2.75) is 26.2 Å². The summed E-state index contributed by atoms with van der Waals surface area (Å²) in [4.78, 5) is 16.6. The van der Waals surface area contributed by atoms with Crippen molar-refractivity contribution in [2.75, 3.05) is 36.4 Å². The Morgan fingerprint density at radius 3 is 2.36 bits per heavy atom. The minimum atomic E-state index is -0.0743. The maximum Gasteiger partial charge on any atom is 0.321 e. The predicted octanol–water partition coefficient (Wildman–Crippen LogP) is 6.15. The number of nitrogens with zero attached hydrogens (tertiary/aromatic N) is 4. The Bertz CT molecular complexity index is 1080. The molecule has 0 saturated carbocycles. The number of piperazine rings is 1. The number of rotatable bonds is 6.